The molecular weight excluding hydrogens is 520 g/mol. The highest BCUT2D eigenvalue weighted by molar-refractivity contribution is 6.25. The third-order valence-corrected chi connectivity index (χ3v) is 8.30. The van der Waals surface area contributed by atoms with Crippen molar-refractivity contribution in [2.45, 2.75) is 24.5 Å². The van der Waals surface area contributed by atoms with Crippen molar-refractivity contribution in [3.63, 3.8) is 0 Å². The first kappa shape index (κ1) is 27.2. The van der Waals surface area contributed by atoms with Crippen LogP contribution < -0.4 is 15.2 Å². The van der Waals surface area contributed by atoms with Crippen LogP contribution in [-0.2, 0) is 16.0 Å². The van der Waals surface area contributed by atoms with E-state index in [0.717, 1.165) is 0 Å². The van der Waals surface area contributed by atoms with Gasteiger partial charge in [-0.25, -0.2) is 0 Å². The summed E-state index contributed by atoms with van der Waals surface area (Å²) in [5, 5.41) is 44.9. The van der Waals surface area contributed by atoms with E-state index in [1.807, 2.05) is 0 Å². The van der Waals surface area contributed by atoms with E-state index in [1.54, 1.807) is 38.4 Å². The predicted molar refractivity (Wildman–Crippen MR) is 142 cm³/mol. The Morgan fingerprint density at radius 2 is 1.75 bits per heavy atom. The number of benzene rings is 2. The Hall–Kier alpha value is -4.35. The maximum absolute atomic E-state index is 13.9. The van der Waals surface area contributed by atoms with Gasteiger partial charge in [0.2, 0.25) is 5.78 Å². The third-order valence-electron chi connectivity index (χ3n) is 8.30. The number of ether oxygens (including phenoxy) is 2. The minimum atomic E-state index is -2.69. The average molecular weight is 551 g/mol. The van der Waals surface area contributed by atoms with E-state index in [9.17, 15) is 34.8 Å². The topological polar surface area (TPSA) is 180 Å². The zero-order valence-electron chi connectivity index (χ0n) is 22.4. The Bertz CT molecular complexity index is 1540. The molecule has 3 aliphatic carbocycles. The molecule has 6 N–H and O–H groups in total. The molecule has 210 valence electrons. The van der Waals surface area contributed by atoms with Crippen molar-refractivity contribution in [3.8, 4) is 28.4 Å². The molecule has 0 aromatic heterocycles. The molecule has 4 atom stereocenters. The molecule has 5 rings (SSSR count). The summed E-state index contributed by atoms with van der Waals surface area (Å²) in [5.41, 5.74) is 3.24. The monoisotopic (exact) mass is 550 g/mol. The molecule has 2 aromatic carbocycles. The zero-order valence-corrected chi connectivity index (χ0v) is 22.4. The smallest absolute Gasteiger partial charge is 0.255 e. The molecule has 0 spiro atoms. The highest BCUT2D eigenvalue weighted by Crippen LogP contribution is 2.53. The van der Waals surface area contributed by atoms with E-state index in [4.69, 9.17) is 15.2 Å². The van der Waals surface area contributed by atoms with E-state index < -0.39 is 58.0 Å². The standard InChI is InChI=1S/C29H30N2O9/c1-31(2)23-17-10-12-9-16-14(15-11-13(39-3)5-8-19(15)40-4)6-7-18(32)21(16)24(33)20(12)26(35)29(17,38)27(36)22(25(23)34)28(30)37/h5-8,11-12,17,23,32,34-35,38H,9-10H2,1-4H3,(H2,30,37). The van der Waals surface area contributed by atoms with Crippen molar-refractivity contribution in [3.05, 3.63) is 64.1 Å². The number of hydrogen-bond acceptors (Lipinski definition) is 10. The lowest BCUT2D eigenvalue weighted by Crippen LogP contribution is -2.63. The van der Waals surface area contributed by atoms with Crippen LogP contribution in [0.5, 0.6) is 17.2 Å². The van der Waals surface area contributed by atoms with E-state index in [1.165, 1.54) is 25.2 Å². The number of likely N-dealkylation sites (N-methyl/N-ethyl adjacent to an activating group) is 1. The summed E-state index contributed by atoms with van der Waals surface area (Å²) in [4.78, 5) is 41.0. The fraction of sp³-hybridized carbons (Fsp3) is 0.345. The summed E-state index contributed by atoms with van der Waals surface area (Å²) < 4.78 is 10.9. The Labute approximate surface area is 229 Å². The van der Waals surface area contributed by atoms with Gasteiger partial charge < -0.3 is 35.6 Å². The van der Waals surface area contributed by atoms with Gasteiger partial charge in [-0.05, 0) is 68.2 Å². The van der Waals surface area contributed by atoms with Crippen molar-refractivity contribution >= 4 is 17.5 Å². The number of amides is 1. The number of nitrogens with zero attached hydrogens (tertiary/aromatic N) is 1. The molecule has 0 radical (unpaired) electrons. The van der Waals surface area contributed by atoms with Crippen LogP contribution in [0.3, 0.4) is 0 Å². The number of nitrogens with two attached hydrogens (primary N) is 1. The summed E-state index contributed by atoms with van der Waals surface area (Å²) in [6.45, 7) is 0. The number of aliphatic hydroxyl groups is 3. The number of Topliss-reactive ketones (excluding diaryl/α,β-unsaturated/α-hetero) is 2. The Balaban J connectivity index is 1.74. The number of hydrogen-bond donors (Lipinski definition) is 5. The average Bonchev–Trinajstić information content (AvgIpc) is 2.90. The number of allylic oxidation sites excluding steroid dienone is 1. The summed E-state index contributed by atoms with van der Waals surface area (Å²) in [6.07, 6.45) is 0.148. The number of primary amides is 1. The fourth-order valence-electron chi connectivity index (χ4n) is 6.53. The minimum absolute atomic E-state index is 0.00387. The van der Waals surface area contributed by atoms with E-state index in [-0.39, 0.29) is 29.7 Å². The number of ketones is 2. The Kier molecular flexibility index (Phi) is 6.39. The van der Waals surface area contributed by atoms with E-state index in [2.05, 4.69) is 0 Å². The molecule has 11 heteroatoms. The third kappa shape index (κ3) is 3.61. The minimum Gasteiger partial charge on any atom is -0.510 e. The molecule has 3 aliphatic rings. The molecule has 0 heterocycles. The van der Waals surface area contributed by atoms with Gasteiger partial charge >= 0.3 is 0 Å². The number of carbonyl (C=O) groups is 3. The predicted octanol–water partition coefficient (Wildman–Crippen LogP) is 1.80. The molecule has 11 nitrogen and oxygen atoms in total. The van der Waals surface area contributed by atoms with Crippen molar-refractivity contribution in [1.82, 2.24) is 4.90 Å². The second kappa shape index (κ2) is 9.39. The Morgan fingerprint density at radius 1 is 1.05 bits per heavy atom. The summed E-state index contributed by atoms with van der Waals surface area (Å²) in [7, 11) is 6.19. The lowest BCUT2D eigenvalue weighted by atomic mass is 9.58. The number of aromatic hydroxyl groups is 1. The van der Waals surface area contributed by atoms with Crippen LogP contribution in [0.15, 0.2) is 53.0 Å². The van der Waals surface area contributed by atoms with Crippen LogP contribution in [0.4, 0.5) is 0 Å². The largest absolute Gasteiger partial charge is 0.510 e. The van der Waals surface area contributed by atoms with Gasteiger partial charge in [-0.3, -0.25) is 19.3 Å². The molecule has 2 aromatic rings. The molecule has 40 heavy (non-hydrogen) atoms. The SMILES string of the molecule is COc1ccc(OC)c(-c2ccc(O)c3c2CC2CC4C(N(C)C)C(O)=C(C(N)=O)C(=O)C4(O)C(O)=C2C3=O)c1. The summed E-state index contributed by atoms with van der Waals surface area (Å²) in [6, 6.07) is 7.14. The van der Waals surface area contributed by atoms with Gasteiger partial charge in [-0.1, -0.05) is 6.07 Å². The number of phenols is 1. The van der Waals surface area contributed by atoms with E-state index >= 15 is 0 Å². The molecule has 0 bridgehead atoms. The van der Waals surface area contributed by atoms with Crippen molar-refractivity contribution < 1.29 is 44.3 Å². The van der Waals surface area contributed by atoms with Crippen molar-refractivity contribution in [1.29, 1.82) is 0 Å². The van der Waals surface area contributed by atoms with Gasteiger partial charge in [-0.15, -0.1) is 0 Å². The molecule has 0 saturated carbocycles. The highest BCUT2D eigenvalue weighted by atomic mass is 16.5. The lowest BCUT2D eigenvalue weighted by molar-refractivity contribution is -0.148. The quantitative estimate of drug-likeness (QED) is 0.345. The van der Waals surface area contributed by atoms with Gasteiger partial charge in [0.25, 0.3) is 5.91 Å². The van der Waals surface area contributed by atoms with Crippen LogP contribution in [0.25, 0.3) is 11.1 Å². The maximum atomic E-state index is 13.9. The first-order valence-corrected chi connectivity index (χ1v) is 12.6. The molecule has 1 amide bonds. The lowest BCUT2D eigenvalue weighted by Gasteiger charge is -2.50. The number of rotatable bonds is 5. The molecule has 0 saturated heterocycles. The van der Waals surface area contributed by atoms with Gasteiger partial charge in [0.05, 0.1) is 25.8 Å². The van der Waals surface area contributed by atoms with Crippen LogP contribution in [-0.4, -0.2) is 82.8 Å². The number of carbonyl (C=O) groups excluding carboxylic acids is 3. The molecule has 0 fully saturated rings. The van der Waals surface area contributed by atoms with Crippen LogP contribution in [0.1, 0.15) is 22.3 Å². The first-order valence-electron chi connectivity index (χ1n) is 12.6. The molecular formula is C29H30N2O9. The maximum Gasteiger partial charge on any atom is 0.255 e. The number of aliphatic hydroxyl groups excluding tert-OH is 2. The van der Waals surface area contributed by atoms with Gasteiger partial charge in [0.15, 0.2) is 11.4 Å². The zero-order chi connectivity index (χ0) is 29.3. The second-order valence-electron chi connectivity index (χ2n) is 10.5. The van der Waals surface area contributed by atoms with Gasteiger partial charge in [0, 0.05) is 17.1 Å². The van der Waals surface area contributed by atoms with Gasteiger partial charge in [-0.2, -0.15) is 0 Å². The number of fused-ring (bicyclic) bond motifs is 3. The van der Waals surface area contributed by atoms with E-state index in [0.29, 0.717) is 28.2 Å². The second-order valence-corrected chi connectivity index (χ2v) is 10.5. The highest BCUT2D eigenvalue weighted by Gasteiger charge is 2.63. The first-order chi connectivity index (χ1) is 18.9. The Morgan fingerprint density at radius 3 is 2.35 bits per heavy atom. The fourth-order valence-corrected chi connectivity index (χ4v) is 6.53. The normalized spacial score (nSPS) is 25.9. The van der Waals surface area contributed by atoms with Crippen LogP contribution in [0.2, 0.25) is 0 Å². The van der Waals surface area contributed by atoms with Crippen LogP contribution >= 0.6 is 0 Å². The van der Waals surface area contributed by atoms with Crippen molar-refractivity contribution in [2.75, 3.05) is 28.3 Å². The van der Waals surface area contributed by atoms with Crippen molar-refractivity contribution in [2.24, 2.45) is 17.6 Å². The number of phenolic OH excluding ortho intramolecular Hbond substituents is 1. The molecule has 0 aliphatic heterocycles. The summed E-state index contributed by atoms with van der Waals surface area (Å²) in [5.74, 6) is -5.91. The van der Waals surface area contributed by atoms with Crippen LogP contribution in [0, 0.1) is 11.8 Å². The summed E-state index contributed by atoms with van der Waals surface area (Å²) >= 11 is 0. The molecule has 4 unspecified atom stereocenters. The number of methoxy groups -OCH3 is 2. The van der Waals surface area contributed by atoms with Gasteiger partial charge in [0.1, 0.15) is 34.3 Å².